The van der Waals surface area contributed by atoms with E-state index in [1.165, 1.54) is 11.3 Å². The topological polar surface area (TPSA) is 62.7 Å². The van der Waals surface area contributed by atoms with Crippen molar-refractivity contribution in [2.75, 3.05) is 0 Å². The Kier molecular flexibility index (Phi) is 6.37. The summed E-state index contributed by atoms with van der Waals surface area (Å²) in [4.78, 5) is 19.4. The Hall–Kier alpha value is -2.41. The highest BCUT2D eigenvalue weighted by atomic mass is 35.5. The molecule has 1 aliphatic carbocycles. The van der Waals surface area contributed by atoms with Crippen LogP contribution in [0, 0.1) is 6.92 Å². The number of nitrogens with zero attached hydrogens (tertiary/aromatic N) is 2. The number of carbonyl (C=O) groups is 1. The van der Waals surface area contributed by atoms with Crippen LogP contribution < -0.4 is 4.74 Å². The van der Waals surface area contributed by atoms with E-state index >= 15 is 0 Å². The first kappa shape index (κ1) is 20.8. The molecule has 1 heterocycles. The zero-order chi connectivity index (χ0) is 21.1. The average molecular weight is 443 g/mol. The van der Waals surface area contributed by atoms with Gasteiger partial charge in [0.1, 0.15) is 17.4 Å². The largest absolute Gasteiger partial charge is 0.486 e. The van der Waals surface area contributed by atoms with Gasteiger partial charge < -0.3 is 14.7 Å². The van der Waals surface area contributed by atoms with E-state index in [0.717, 1.165) is 29.0 Å². The number of ether oxygens (including phenoxy) is 1. The van der Waals surface area contributed by atoms with Crippen LogP contribution in [0.5, 0.6) is 5.75 Å². The van der Waals surface area contributed by atoms with Crippen molar-refractivity contribution in [1.82, 2.24) is 9.88 Å². The lowest BCUT2D eigenvalue weighted by Gasteiger charge is -2.24. The van der Waals surface area contributed by atoms with Crippen LogP contribution in [0.25, 0.3) is 0 Å². The number of rotatable bonds is 8. The molecule has 1 N–H and O–H groups in total. The summed E-state index contributed by atoms with van der Waals surface area (Å²) in [5.74, 6) is 0.707. The number of aliphatic hydroxyl groups is 1. The Morgan fingerprint density at radius 2 is 2.03 bits per heavy atom. The number of aliphatic hydroxyl groups excluding tert-OH is 1. The van der Waals surface area contributed by atoms with Crippen LogP contribution in [0.1, 0.15) is 45.0 Å². The van der Waals surface area contributed by atoms with Crippen molar-refractivity contribution in [1.29, 1.82) is 0 Å². The standard InChI is InChI=1S/C23H23ClN2O3S/c1-15-2-4-16(5-3-15)23(28)26(20-7-8-20)11-17-10-18(24)6-9-21(17)29-13-22-25-19(12-27)14-30-22/h2-6,9-10,14,20,27H,7-8,11-13H2,1H3. The van der Waals surface area contributed by atoms with E-state index in [1.807, 2.05) is 53.6 Å². The second kappa shape index (κ2) is 9.16. The van der Waals surface area contributed by atoms with Gasteiger partial charge in [0.25, 0.3) is 5.91 Å². The molecule has 0 unspecified atom stereocenters. The monoisotopic (exact) mass is 442 g/mol. The predicted octanol–water partition coefficient (Wildman–Crippen LogP) is 4.98. The smallest absolute Gasteiger partial charge is 0.254 e. The third kappa shape index (κ3) is 5.01. The number of hydrogen-bond donors (Lipinski definition) is 1. The second-order valence-corrected chi connectivity index (χ2v) is 8.84. The maximum atomic E-state index is 13.2. The van der Waals surface area contributed by atoms with Gasteiger partial charge in [-0.25, -0.2) is 4.98 Å². The molecule has 0 saturated heterocycles. The number of benzene rings is 2. The molecular formula is C23H23ClN2O3S. The van der Waals surface area contributed by atoms with Gasteiger partial charge in [0.05, 0.1) is 12.3 Å². The highest BCUT2D eigenvalue weighted by molar-refractivity contribution is 7.09. The summed E-state index contributed by atoms with van der Waals surface area (Å²) in [6.45, 7) is 2.66. The Labute approximate surface area is 184 Å². The number of carbonyl (C=O) groups excluding carboxylic acids is 1. The van der Waals surface area contributed by atoms with E-state index in [0.29, 0.717) is 35.2 Å². The van der Waals surface area contributed by atoms with E-state index < -0.39 is 0 Å². The summed E-state index contributed by atoms with van der Waals surface area (Å²) in [7, 11) is 0. The summed E-state index contributed by atoms with van der Waals surface area (Å²) in [5, 5.41) is 12.4. The first-order valence-electron chi connectivity index (χ1n) is 9.86. The van der Waals surface area contributed by atoms with Gasteiger partial charge in [0.15, 0.2) is 0 Å². The number of halogens is 1. The first-order chi connectivity index (χ1) is 14.5. The molecule has 1 saturated carbocycles. The van der Waals surface area contributed by atoms with Gasteiger partial charge in [-0.2, -0.15) is 0 Å². The zero-order valence-corrected chi connectivity index (χ0v) is 18.2. The zero-order valence-electron chi connectivity index (χ0n) is 16.7. The molecule has 0 bridgehead atoms. The fourth-order valence-electron chi connectivity index (χ4n) is 3.24. The predicted molar refractivity (Wildman–Crippen MR) is 118 cm³/mol. The minimum atomic E-state index is -0.0832. The average Bonchev–Trinajstić information content (AvgIpc) is 3.48. The van der Waals surface area contributed by atoms with Crippen molar-refractivity contribution in [2.24, 2.45) is 0 Å². The maximum absolute atomic E-state index is 13.2. The van der Waals surface area contributed by atoms with Crippen LogP contribution in [0.2, 0.25) is 5.02 Å². The van der Waals surface area contributed by atoms with Crippen LogP contribution in [0.4, 0.5) is 0 Å². The first-order valence-corrected chi connectivity index (χ1v) is 11.1. The van der Waals surface area contributed by atoms with Gasteiger partial charge in [-0.15, -0.1) is 11.3 Å². The van der Waals surface area contributed by atoms with Gasteiger partial charge in [-0.05, 0) is 50.1 Å². The van der Waals surface area contributed by atoms with Crippen molar-refractivity contribution < 1.29 is 14.6 Å². The van der Waals surface area contributed by atoms with E-state index in [-0.39, 0.29) is 18.6 Å². The van der Waals surface area contributed by atoms with E-state index in [4.69, 9.17) is 16.3 Å². The van der Waals surface area contributed by atoms with Crippen molar-refractivity contribution in [3.8, 4) is 5.75 Å². The molecule has 7 heteroatoms. The van der Waals surface area contributed by atoms with Crippen molar-refractivity contribution >= 4 is 28.8 Å². The molecule has 1 aliphatic rings. The number of aromatic nitrogens is 1. The third-order valence-corrected chi connectivity index (χ3v) is 6.13. The van der Waals surface area contributed by atoms with E-state index in [1.54, 1.807) is 6.07 Å². The molecule has 4 rings (SSSR count). The fraction of sp³-hybridized carbons (Fsp3) is 0.304. The third-order valence-electron chi connectivity index (χ3n) is 5.02. The number of aryl methyl sites for hydroxylation is 1. The number of amides is 1. The van der Waals surface area contributed by atoms with Crippen molar-refractivity contribution in [3.63, 3.8) is 0 Å². The quantitative estimate of drug-likeness (QED) is 0.534. The molecule has 0 spiro atoms. The summed E-state index contributed by atoms with van der Waals surface area (Å²) in [6.07, 6.45) is 2.02. The van der Waals surface area contributed by atoms with Gasteiger partial charge in [-0.3, -0.25) is 4.79 Å². The van der Waals surface area contributed by atoms with Gasteiger partial charge in [0.2, 0.25) is 0 Å². The van der Waals surface area contributed by atoms with E-state index in [9.17, 15) is 9.90 Å². The Balaban J connectivity index is 1.53. The summed E-state index contributed by atoms with van der Waals surface area (Å²) < 4.78 is 6.01. The van der Waals surface area contributed by atoms with Crippen LogP contribution in [-0.4, -0.2) is 26.9 Å². The molecule has 30 heavy (non-hydrogen) atoms. The summed E-state index contributed by atoms with van der Waals surface area (Å²) in [5.41, 5.74) is 3.32. The van der Waals surface area contributed by atoms with Crippen LogP contribution in [-0.2, 0) is 19.8 Å². The number of thiazole rings is 1. The molecule has 3 aromatic rings. The molecule has 1 amide bonds. The van der Waals surface area contributed by atoms with Crippen LogP contribution in [0.3, 0.4) is 0 Å². The fourth-order valence-corrected chi connectivity index (χ4v) is 4.13. The highest BCUT2D eigenvalue weighted by Gasteiger charge is 2.33. The molecule has 1 fully saturated rings. The highest BCUT2D eigenvalue weighted by Crippen LogP contribution is 2.33. The lowest BCUT2D eigenvalue weighted by atomic mass is 10.1. The SMILES string of the molecule is Cc1ccc(C(=O)N(Cc2cc(Cl)ccc2OCc2nc(CO)cs2)C2CC2)cc1. The maximum Gasteiger partial charge on any atom is 0.254 e. The van der Waals surface area contributed by atoms with Crippen LogP contribution in [0.15, 0.2) is 47.8 Å². The van der Waals surface area contributed by atoms with Crippen LogP contribution >= 0.6 is 22.9 Å². The molecule has 156 valence electrons. The van der Waals surface area contributed by atoms with Gasteiger partial charge in [-0.1, -0.05) is 29.3 Å². The van der Waals surface area contributed by atoms with Crippen molar-refractivity contribution in [2.45, 2.75) is 45.6 Å². The second-order valence-electron chi connectivity index (χ2n) is 7.46. The van der Waals surface area contributed by atoms with Gasteiger partial charge in [0, 0.05) is 34.1 Å². The normalized spacial score (nSPS) is 13.3. The summed E-state index contributed by atoms with van der Waals surface area (Å²) >= 11 is 7.70. The molecular weight excluding hydrogens is 420 g/mol. The molecule has 0 atom stereocenters. The molecule has 2 aromatic carbocycles. The summed E-state index contributed by atoms with van der Waals surface area (Å²) in [6, 6.07) is 13.4. The minimum Gasteiger partial charge on any atom is -0.486 e. The van der Waals surface area contributed by atoms with E-state index in [2.05, 4.69) is 4.98 Å². The Morgan fingerprint density at radius 1 is 1.27 bits per heavy atom. The lowest BCUT2D eigenvalue weighted by Crippen LogP contribution is -2.32. The molecule has 5 nitrogen and oxygen atoms in total. The number of hydrogen-bond acceptors (Lipinski definition) is 5. The van der Waals surface area contributed by atoms with Crippen molar-refractivity contribution in [3.05, 3.63) is 80.3 Å². The Morgan fingerprint density at radius 3 is 2.70 bits per heavy atom. The minimum absolute atomic E-state index is 0.0240. The molecule has 1 aromatic heterocycles. The molecule has 0 radical (unpaired) electrons. The molecule has 0 aliphatic heterocycles. The van der Waals surface area contributed by atoms with Gasteiger partial charge >= 0.3 is 0 Å². The Bertz CT molecular complexity index is 1030. The lowest BCUT2D eigenvalue weighted by molar-refractivity contribution is 0.0728.